The van der Waals surface area contributed by atoms with E-state index in [-0.39, 0.29) is 12.5 Å². The first-order valence-electron chi connectivity index (χ1n) is 7.10. The number of aliphatic carboxylic acids is 1. The van der Waals surface area contributed by atoms with E-state index in [9.17, 15) is 9.59 Å². The van der Waals surface area contributed by atoms with Crippen LogP contribution in [0.5, 0.6) is 0 Å². The first-order chi connectivity index (χ1) is 11.1. The Morgan fingerprint density at radius 3 is 2.09 bits per heavy atom. The summed E-state index contributed by atoms with van der Waals surface area (Å²) in [4.78, 5) is 22.1. The number of alkyl carbamates (subject to hydrolysis) is 1. The number of benzene rings is 2. The molecular formula is C17H15NO5. The monoisotopic (exact) mass is 313 g/mol. The van der Waals surface area contributed by atoms with E-state index in [1.165, 1.54) is 0 Å². The first-order valence-corrected chi connectivity index (χ1v) is 7.10. The van der Waals surface area contributed by atoms with Gasteiger partial charge < -0.3 is 14.9 Å². The highest BCUT2D eigenvalue weighted by Crippen LogP contribution is 2.44. The van der Waals surface area contributed by atoms with Gasteiger partial charge in [-0.05, 0) is 22.3 Å². The molecule has 6 nitrogen and oxygen atoms in total. The Kier molecular flexibility index (Phi) is 3.99. The summed E-state index contributed by atoms with van der Waals surface area (Å²) >= 11 is 0. The van der Waals surface area contributed by atoms with Crippen LogP contribution in [-0.2, 0) is 9.53 Å². The van der Waals surface area contributed by atoms with Gasteiger partial charge >= 0.3 is 12.1 Å². The van der Waals surface area contributed by atoms with E-state index in [0.717, 1.165) is 22.3 Å². The minimum atomic E-state index is -1.98. The third-order valence-electron chi connectivity index (χ3n) is 3.83. The normalized spacial score (nSPS) is 13.8. The highest BCUT2D eigenvalue weighted by Gasteiger charge is 2.29. The Labute approximate surface area is 132 Å². The molecule has 0 spiro atoms. The highest BCUT2D eigenvalue weighted by molar-refractivity contribution is 5.80. The number of carbonyl (C=O) groups excluding carboxylic acids is 1. The van der Waals surface area contributed by atoms with Gasteiger partial charge in [-0.3, -0.25) is 5.32 Å². The number of nitrogens with one attached hydrogen (secondary N) is 1. The number of ether oxygens (including phenoxy) is 1. The molecule has 23 heavy (non-hydrogen) atoms. The van der Waals surface area contributed by atoms with E-state index in [0.29, 0.717) is 0 Å². The Balaban J connectivity index is 1.76. The molecule has 0 aromatic heterocycles. The molecule has 1 amide bonds. The first kappa shape index (κ1) is 15.1. The zero-order chi connectivity index (χ0) is 16.4. The molecule has 3 N–H and O–H groups in total. The molecule has 1 aliphatic rings. The number of fused-ring (bicyclic) bond motifs is 3. The maximum absolute atomic E-state index is 11.6. The van der Waals surface area contributed by atoms with Gasteiger partial charge in [-0.2, -0.15) is 0 Å². The van der Waals surface area contributed by atoms with Gasteiger partial charge in [0, 0.05) is 5.92 Å². The molecule has 0 fully saturated rings. The lowest BCUT2D eigenvalue weighted by Crippen LogP contribution is -2.41. The summed E-state index contributed by atoms with van der Waals surface area (Å²) in [6.07, 6.45) is -2.95. The van der Waals surface area contributed by atoms with Crippen molar-refractivity contribution in [2.75, 3.05) is 6.61 Å². The Hall–Kier alpha value is -2.86. The zero-order valence-electron chi connectivity index (χ0n) is 12.1. The van der Waals surface area contributed by atoms with Gasteiger partial charge in [0.05, 0.1) is 0 Å². The third kappa shape index (κ3) is 2.89. The van der Waals surface area contributed by atoms with Crippen LogP contribution in [0.2, 0.25) is 0 Å². The molecule has 1 unspecified atom stereocenters. The summed E-state index contributed by atoms with van der Waals surface area (Å²) < 4.78 is 5.09. The second-order valence-corrected chi connectivity index (χ2v) is 5.21. The van der Waals surface area contributed by atoms with Gasteiger partial charge in [0.1, 0.15) is 6.61 Å². The predicted octanol–water partition coefficient (Wildman–Crippen LogP) is 1.93. The fourth-order valence-electron chi connectivity index (χ4n) is 2.81. The average Bonchev–Trinajstić information content (AvgIpc) is 2.87. The third-order valence-corrected chi connectivity index (χ3v) is 3.83. The Morgan fingerprint density at radius 1 is 1.04 bits per heavy atom. The van der Waals surface area contributed by atoms with Crippen LogP contribution in [0.4, 0.5) is 4.79 Å². The zero-order valence-corrected chi connectivity index (χ0v) is 12.1. The van der Waals surface area contributed by atoms with E-state index < -0.39 is 18.3 Å². The van der Waals surface area contributed by atoms with E-state index in [4.69, 9.17) is 14.9 Å². The molecule has 0 heterocycles. The lowest BCUT2D eigenvalue weighted by Gasteiger charge is -2.15. The van der Waals surface area contributed by atoms with Crippen LogP contribution in [0, 0.1) is 0 Å². The van der Waals surface area contributed by atoms with Crippen LogP contribution in [0.3, 0.4) is 0 Å². The molecule has 1 aliphatic carbocycles. The molecule has 0 radical (unpaired) electrons. The van der Waals surface area contributed by atoms with Crippen LogP contribution in [0.1, 0.15) is 17.0 Å². The molecule has 2 aromatic carbocycles. The minimum Gasteiger partial charge on any atom is -0.478 e. The Bertz CT molecular complexity index is 713. The van der Waals surface area contributed by atoms with Gasteiger partial charge in [0.25, 0.3) is 0 Å². The number of carbonyl (C=O) groups is 2. The lowest BCUT2D eigenvalue weighted by atomic mass is 9.98. The molecular weight excluding hydrogens is 298 g/mol. The maximum Gasteiger partial charge on any atom is 0.409 e. The number of hydrogen-bond donors (Lipinski definition) is 3. The van der Waals surface area contributed by atoms with E-state index in [1.54, 1.807) is 0 Å². The van der Waals surface area contributed by atoms with Crippen molar-refractivity contribution >= 4 is 12.1 Å². The molecule has 3 rings (SSSR count). The van der Waals surface area contributed by atoms with Crippen molar-refractivity contribution in [1.82, 2.24) is 5.32 Å². The van der Waals surface area contributed by atoms with Crippen molar-refractivity contribution in [3.8, 4) is 11.1 Å². The van der Waals surface area contributed by atoms with Gasteiger partial charge in [-0.15, -0.1) is 0 Å². The summed E-state index contributed by atoms with van der Waals surface area (Å²) in [6, 6.07) is 15.7. The van der Waals surface area contributed by atoms with Crippen LogP contribution < -0.4 is 5.32 Å². The van der Waals surface area contributed by atoms with Crippen molar-refractivity contribution in [2.45, 2.75) is 12.1 Å². The fourth-order valence-corrected chi connectivity index (χ4v) is 2.81. The van der Waals surface area contributed by atoms with Crippen molar-refractivity contribution in [3.05, 3.63) is 59.7 Å². The van der Waals surface area contributed by atoms with Gasteiger partial charge in [-0.1, -0.05) is 48.5 Å². The van der Waals surface area contributed by atoms with Crippen molar-refractivity contribution in [3.63, 3.8) is 0 Å². The standard InChI is InChI=1S/C17H15NO5/c19-15(16(20)21)18-17(22)23-9-14-12-7-3-1-5-10(12)11-6-2-4-8-13(11)14/h1-8,14-15,19H,9H2,(H,18,22)(H,20,21). The number of carboxylic acid groups (broad SMARTS) is 1. The number of aliphatic hydroxyl groups is 1. The molecule has 0 aliphatic heterocycles. The molecule has 0 bridgehead atoms. The second-order valence-electron chi connectivity index (χ2n) is 5.21. The van der Waals surface area contributed by atoms with Crippen LogP contribution >= 0.6 is 0 Å². The molecule has 1 atom stereocenters. The highest BCUT2D eigenvalue weighted by atomic mass is 16.6. The maximum atomic E-state index is 11.6. The lowest BCUT2D eigenvalue weighted by molar-refractivity contribution is -0.148. The van der Waals surface area contributed by atoms with Gasteiger partial charge in [0.2, 0.25) is 6.23 Å². The Morgan fingerprint density at radius 2 is 1.57 bits per heavy atom. The predicted molar refractivity (Wildman–Crippen MR) is 81.8 cm³/mol. The van der Waals surface area contributed by atoms with E-state index >= 15 is 0 Å². The quantitative estimate of drug-likeness (QED) is 0.750. The molecule has 0 saturated carbocycles. The number of rotatable bonds is 4. The summed E-state index contributed by atoms with van der Waals surface area (Å²) in [5.41, 5.74) is 4.31. The molecule has 6 heteroatoms. The summed E-state index contributed by atoms with van der Waals surface area (Å²) in [5.74, 6) is -1.66. The summed E-state index contributed by atoms with van der Waals surface area (Å²) in [7, 11) is 0. The molecule has 0 saturated heterocycles. The minimum absolute atomic E-state index is 0.0617. The van der Waals surface area contributed by atoms with Crippen LogP contribution in [-0.4, -0.2) is 35.1 Å². The van der Waals surface area contributed by atoms with Crippen molar-refractivity contribution < 1.29 is 24.5 Å². The molecule has 118 valence electrons. The van der Waals surface area contributed by atoms with Crippen LogP contribution in [0.15, 0.2) is 48.5 Å². The number of hydrogen-bond acceptors (Lipinski definition) is 4. The van der Waals surface area contributed by atoms with E-state index in [1.807, 2.05) is 53.8 Å². The fraction of sp³-hybridized carbons (Fsp3) is 0.176. The second kappa shape index (κ2) is 6.10. The van der Waals surface area contributed by atoms with Gasteiger partial charge in [-0.25, -0.2) is 9.59 Å². The topological polar surface area (TPSA) is 95.9 Å². The van der Waals surface area contributed by atoms with Crippen LogP contribution in [0.25, 0.3) is 11.1 Å². The average molecular weight is 313 g/mol. The largest absolute Gasteiger partial charge is 0.478 e. The van der Waals surface area contributed by atoms with E-state index in [2.05, 4.69) is 0 Å². The molecule has 2 aromatic rings. The smallest absolute Gasteiger partial charge is 0.409 e. The number of carboxylic acids is 1. The number of aliphatic hydroxyl groups excluding tert-OH is 1. The SMILES string of the molecule is O=C(NC(O)C(=O)O)OCC1c2ccccc2-c2ccccc21. The summed E-state index contributed by atoms with van der Waals surface area (Å²) in [6.45, 7) is 0.0617. The van der Waals surface area contributed by atoms with Crippen molar-refractivity contribution in [1.29, 1.82) is 0 Å². The van der Waals surface area contributed by atoms with Gasteiger partial charge in [0.15, 0.2) is 0 Å². The van der Waals surface area contributed by atoms with Crippen molar-refractivity contribution in [2.24, 2.45) is 0 Å². The number of amides is 1. The summed E-state index contributed by atoms with van der Waals surface area (Å²) in [5, 5.41) is 19.5.